The summed E-state index contributed by atoms with van der Waals surface area (Å²) in [5, 5.41) is 1.10. The van der Waals surface area contributed by atoms with Gasteiger partial charge < -0.3 is 14.5 Å². The highest BCUT2D eigenvalue weighted by molar-refractivity contribution is 7.99. The molecular formula is C28H31B3F4N4O3S. The molecule has 0 aliphatic carbocycles. The number of thioether (sulfide) groups is 1. The number of alkyl halides is 3. The SMILES string of the molecule is BC(B)=C(B)C(=O)N1[C@H](C)CN(c2nc(=O)n3c4c(c(-c5ccc(F)cc5)c(C(F)(F)F)cc24)SC[C@@H](OC)C3)C[C@@H]1C. The molecule has 0 N–H and O–H groups in total. The number of carbonyl (C=O) groups excluding carboxylic acids is 1. The Hall–Kier alpha value is -3.19. The lowest BCUT2D eigenvalue weighted by Gasteiger charge is -2.45. The Morgan fingerprint density at radius 2 is 1.70 bits per heavy atom. The van der Waals surface area contributed by atoms with E-state index in [-0.39, 0.29) is 64.9 Å². The van der Waals surface area contributed by atoms with Crippen LogP contribution in [0.15, 0.2) is 50.9 Å². The highest BCUT2D eigenvalue weighted by Crippen LogP contribution is 2.48. The van der Waals surface area contributed by atoms with Crippen molar-refractivity contribution in [3.8, 4) is 11.1 Å². The van der Waals surface area contributed by atoms with Crippen molar-refractivity contribution < 1.29 is 27.1 Å². The lowest BCUT2D eigenvalue weighted by molar-refractivity contribution is -0.137. The zero-order chi connectivity index (χ0) is 31.4. The second-order valence-electron chi connectivity index (χ2n) is 11.5. The molecule has 1 amide bonds. The van der Waals surface area contributed by atoms with E-state index in [0.717, 1.165) is 23.6 Å². The van der Waals surface area contributed by atoms with E-state index in [2.05, 4.69) is 4.98 Å². The van der Waals surface area contributed by atoms with Crippen LogP contribution in [-0.4, -0.2) is 88.0 Å². The summed E-state index contributed by atoms with van der Waals surface area (Å²) in [6.45, 7) is 4.44. The summed E-state index contributed by atoms with van der Waals surface area (Å²) in [4.78, 5) is 35.1. The zero-order valence-corrected chi connectivity index (χ0v) is 25.7. The Morgan fingerprint density at radius 3 is 2.26 bits per heavy atom. The Kier molecular flexibility index (Phi) is 8.52. The third kappa shape index (κ3) is 5.73. The Balaban J connectivity index is 1.75. The molecule has 3 heterocycles. The molecule has 1 fully saturated rings. The van der Waals surface area contributed by atoms with E-state index in [9.17, 15) is 27.2 Å². The van der Waals surface area contributed by atoms with Crippen LogP contribution in [0.3, 0.4) is 0 Å². The average Bonchev–Trinajstić information content (AvgIpc) is 3.14. The molecule has 0 spiro atoms. The Labute approximate surface area is 253 Å². The number of ether oxygens (including phenoxy) is 1. The average molecular weight is 612 g/mol. The number of methoxy groups -OCH3 is 1. The van der Waals surface area contributed by atoms with Crippen molar-refractivity contribution in [2.45, 2.75) is 49.7 Å². The van der Waals surface area contributed by atoms with Crippen molar-refractivity contribution in [1.82, 2.24) is 14.5 Å². The van der Waals surface area contributed by atoms with Crippen LogP contribution in [0.5, 0.6) is 0 Å². The first kappa shape index (κ1) is 31.2. The molecule has 2 aliphatic rings. The van der Waals surface area contributed by atoms with Crippen LogP contribution in [0.2, 0.25) is 0 Å². The van der Waals surface area contributed by atoms with Crippen LogP contribution in [0.4, 0.5) is 23.4 Å². The molecule has 43 heavy (non-hydrogen) atoms. The Bertz CT molecular complexity index is 1670. The van der Waals surface area contributed by atoms with Crippen molar-refractivity contribution >= 4 is 57.9 Å². The van der Waals surface area contributed by atoms with Gasteiger partial charge in [-0.2, -0.15) is 18.2 Å². The first-order valence-corrected chi connectivity index (χ1v) is 15.0. The molecule has 15 heteroatoms. The fourth-order valence-corrected chi connectivity index (χ4v) is 7.27. The number of rotatable bonds is 4. The van der Waals surface area contributed by atoms with Gasteiger partial charge in [0, 0.05) is 53.9 Å². The summed E-state index contributed by atoms with van der Waals surface area (Å²) in [5.41, 5.74) is -0.429. The number of piperazine rings is 1. The summed E-state index contributed by atoms with van der Waals surface area (Å²) in [6, 6.07) is 5.35. The van der Waals surface area contributed by atoms with E-state index >= 15 is 0 Å². The van der Waals surface area contributed by atoms with Crippen LogP contribution < -0.4 is 10.6 Å². The standard InChI is InChI=1S/C28H31B3F4N4O3S/c1-13-9-37(10-14(2)39(13)26(40)21(29)24(30)31)25-18-8-19(28(33,34)35)20(15-4-6-16(32)7-5-15)23-22(18)38(27(41)36-25)11-17(42-3)12-43-23/h4-8,13-14,17H,9-12,29-31H2,1-3H3/t13-,14+,17-/m0/s1. The molecule has 7 nitrogen and oxygen atoms in total. The first-order chi connectivity index (χ1) is 20.2. The Morgan fingerprint density at radius 1 is 1.07 bits per heavy atom. The molecule has 1 aromatic heterocycles. The number of nitrogens with zero attached hydrogens (tertiary/aromatic N) is 4. The fourth-order valence-electron chi connectivity index (χ4n) is 5.95. The number of carbonyl (C=O) groups is 1. The lowest BCUT2D eigenvalue weighted by Crippen LogP contribution is -2.59. The molecule has 0 bridgehead atoms. The van der Waals surface area contributed by atoms with Crippen LogP contribution >= 0.6 is 11.8 Å². The van der Waals surface area contributed by atoms with Gasteiger partial charge in [-0.3, -0.25) is 9.36 Å². The fraction of sp³-hybridized carbons (Fsp3) is 0.393. The third-order valence-corrected chi connectivity index (χ3v) is 9.52. The number of anilines is 1. The number of aromatic nitrogens is 2. The van der Waals surface area contributed by atoms with Crippen LogP contribution in [0.1, 0.15) is 19.4 Å². The minimum atomic E-state index is -4.76. The van der Waals surface area contributed by atoms with Gasteiger partial charge in [-0.1, -0.05) is 12.1 Å². The van der Waals surface area contributed by atoms with Crippen molar-refractivity contribution in [3.05, 3.63) is 63.0 Å². The molecule has 224 valence electrons. The van der Waals surface area contributed by atoms with Crippen LogP contribution in [0, 0.1) is 5.82 Å². The maximum Gasteiger partial charge on any atom is 0.417 e. The quantitative estimate of drug-likeness (QED) is 0.255. The van der Waals surface area contributed by atoms with Crippen molar-refractivity contribution in [3.63, 3.8) is 0 Å². The van der Waals surface area contributed by atoms with Gasteiger partial charge in [0.15, 0.2) is 0 Å². The van der Waals surface area contributed by atoms with E-state index in [1.807, 2.05) is 34.4 Å². The van der Waals surface area contributed by atoms with E-state index in [1.165, 1.54) is 35.6 Å². The van der Waals surface area contributed by atoms with Gasteiger partial charge in [0.1, 0.15) is 35.2 Å². The summed E-state index contributed by atoms with van der Waals surface area (Å²) in [6.07, 6.45) is -5.21. The molecule has 0 radical (unpaired) electrons. The molecule has 1 saturated heterocycles. The third-order valence-electron chi connectivity index (χ3n) is 8.29. The largest absolute Gasteiger partial charge is 0.417 e. The number of amides is 1. The van der Waals surface area contributed by atoms with Gasteiger partial charge in [-0.05, 0) is 43.1 Å². The normalized spacial score (nSPS) is 20.7. The summed E-state index contributed by atoms with van der Waals surface area (Å²) >= 11 is 1.18. The molecule has 2 aromatic carbocycles. The molecule has 0 unspecified atom stereocenters. The first-order valence-electron chi connectivity index (χ1n) is 14.0. The number of halogens is 4. The zero-order valence-electron chi connectivity index (χ0n) is 24.9. The summed E-state index contributed by atoms with van der Waals surface area (Å²) < 4.78 is 65.2. The minimum Gasteiger partial charge on any atom is -0.379 e. The molecule has 3 aromatic rings. The topological polar surface area (TPSA) is 67.7 Å². The maximum absolute atomic E-state index is 14.8. The number of hydrogen-bond acceptors (Lipinski definition) is 6. The highest BCUT2D eigenvalue weighted by atomic mass is 32.2. The van der Waals surface area contributed by atoms with E-state index in [0.29, 0.717) is 16.7 Å². The second-order valence-corrected chi connectivity index (χ2v) is 12.5. The number of hydrogen-bond donors (Lipinski definition) is 0. The minimum absolute atomic E-state index is 0.0913. The smallest absolute Gasteiger partial charge is 0.379 e. The predicted octanol–water partition coefficient (Wildman–Crippen LogP) is 1.84. The van der Waals surface area contributed by atoms with Gasteiger partial charge in [-0.15, -0.1) is 17.1 Å². The molecule has 3 atom stereocenters. The predicted molar refractivity (Wildman–Crippen MR) is 169 cm³/mol. The second kappa shape index (κ2) is 11.7. The van der Waals surface area contributed by atoms with Gasteiger partial charge in [-0.25, -0.2) is 9.18 Å². The lowest BCUT2D eigenvalue weighted by atomic mass is 9.69. The van der Waals surface area contributed by atoms with Gasteiger partial charge in [0.05, 0.1) is 23.7 Å². The summed E-state index contributed by atoms with van der Waals surface area (Å²) in [7, 11) is 7.02. The number of benzene rings is 2. The molecule has 2 aliphatic heterocycles. The van der Waals surface area contributed by atoms with E-state index in [1.54, 1.807) is 12.7 Å². The highest BCUT2D eigenvalue weighted by Gasteiger charge is 2.40. The van der Waals surface area contributed by atoms with E-state index < -0.39 is 29.4 Å². The molecular weight excluding hydrogens is 581 g/mol. The van der Waals surface area contributed by atoms with Gasteiger partial charge >= 0.3 is 11.9 Å². The molecule has 5 rings (SSSR count). The van der Waals surface area contributed by atoms with Crippen molar-refractivity contribution in [1.29, 1.82) is 0 Å². The van der Waals surface area contributed by atoms with Gasteiger partial charge in [0.2, 0.25) is 5.91 Å². The van der Waals surface area contributed by atoms with Crippen LogP contribution in [0.25, 0.3) is 22.0 Å². The molecule has 0 saturated carbocycles. The van der Waals surface area contributed by atoms with Crippen molar-refractivity contribution in [2.75, 3.05) is 30.9 Å². The monoisotopic (exact) mass is 612 g/mol. The summed E-state index contributed by atoms with van der Waals surface area (Å²) in [5.74, 6) is -0.211. The van der Waals surface area contributed by atoms with E-state index in [4.69, 9.17) is 4.74 Å². The van der Waals surface area contributed by atoms with Gasteiger partial charge in [0.25, 0.3) is 0 Å². The van der Waals surface area contributed by atoms with Crippen LogP contribution in [-0.2, 0) is 22.3 Å². The maximum atomic E-state index is 14.8. The van der Waals surface area contributed by atoms with Crippen molar-refractivity contribution in [2.24, 2.45) is 0 Å².